The lowest BCUT2D eigenvalue weighted by Crippen LogP contribution is -1.95. The van der Waals surface area contributed by atoms with Crippen LogP contribution in [0.1, 0.15) is 8.27 Å². The van der Waals surface area contributed by atoms with Crippen LogP contribution >= 0.6 is 0 Å². The SMILES string of the molecule is [2H]CC(F)(F)F. The summed E-state index contributed by atoms with van der Waals surface area (Å²) in [4.78, 5) is 0. The standard InChI is InChI=1S/C2H3F3/c1-2(3,4)5/h1H3/i1D. The second-order valence-electron chi connectivity index (χ2n) is 0.615. The van der Waals surface area contributed by atoms with Crippen molar-refractivity contribution < 1.29 is 14.5 Å². The van der Waals surface area contributed by atoms with Gasteiger partial charge in [-0.1, -0.05) is 0 Å². The molecule has 0 radical (unpaired) electrons. The lowest BCUT2D eigenvalue weighted by molar-refractivity contribution is -0.110. The molecule has 0 N–H and O–H groups in total. The van der Waals surface area contributed by atoms with Gasteiger partial charge in [0.25, 0.3) is 0 Å². The molecule has 0 heterocycles. The van der Waals surface area contributed by atoms with Gasteiger partial charge in [-0.3, -0.25) is 0 Å². The Morgan fingerprint density at radius 2 is 1.80 bits per heavy atom. The predicted octanol–water partition coefficient (Wildman–Crippen LogP) is 1.57. The Bertz CT molecular complexity index is 38.5. The maximum Gasteiger partial charge on any atom is 0.386 e. The number of alkyl halides is 3. The van der Waals surface area contributed by atoms with E-state index in [1.807, 2.05) is 0 Å². The summed E-state index contributed by atoms with van der Waals surface area (Å²) in [6, 6.07) is 0. The van der Waals surface area contributed by atoms with Crippen LogP contribution in [0.2, 0.25) is 0 Å². The Kier molecular flexibility index (Phi) is 0.528. The first kappa shape index (κ1) is 3.00. The summed E-state index contributed by atoms with van der Waals surface area (Å²) in [6.45, 7) is -1.48. The van der Waals surface area contributed by atoms with Crippen molar-refractivity contribution in [2.75, 3.05) is 0 Å². The Morgan fingerprint density at radius 1 is 1.60 bits per heavy atom. The van der Waals surface area contributed by atoms with Gasteiger partial charge in [0.05, 0.1) is 0 Å². The van der Waals surface area contributed by atoms with Crippen molar-refractivity contribution in [3.05, 3.63) is 0 Å². The van der Waals surface area contributed by atoms with Crippen LogP contribution in [0.3, 0.4) is 0 Å². The summed E-state index contributed by atoms with van der Waals surface area (Å²) in [5.74, 6) is 0. The molecule has 0 atom stereocenters. The van der Waals surface area contributed by atoms with Crippen LogP contribution in [0.4, 0.5) is 13.2 Å². The van der Waals surface area contributed by atoms with E-state index >= 15 is 0 Å². The van der Waals surface area contributed by atoms with Crippen LogP contribution in [0, 0.1) is 0 Å². The van der Waals surface area contributed by atoms with E-state index < -0.39 is 13.1 Å². The molecule has 0 aromatic rings. The molecule has 0 fully saturated rings. The monoisotopic (exact) mass is 85.0 g/mol. The first-order chi connectivity index (χ1) is 2.56. The fourth-order valence-electron chi connectivity index (χ4n) is 0. The third-order valence-corrected chi connectivity index (χ3v) is 0. The quantitative estimate of drug-likeness (QED) is 0.418. The average Bonchev–Trinajstić information content (AvgIpc) is 1.35. The summed E-state index contributed by atoms with van der Waals surface area (Å²) < 4.78 is 37.5. The van der Waals surface area contributed by atoms with E-state index in [1.165, 1.54) is 0 Å². The largest absolute Gasteiger partial charge is 0.386 e. The predicted molar refractivity (Wildman–Crippen MR) is 11.7 cm³/mol. The molecule has 0 spiro atoms. The summed E-state index contributed by atoms with van der Waals surface area (Å²) in [5.41, 5.74) is 0. The molecule has 0 aliphatic carbocycles. The number of rotatable bonds is 0. The number of hydrogen-bond donors (Lipinski definition) is 0. The molecule has 0 nitrogen and oxygen atoms in total. The van der Waals surface area contributed by atoms with Crippen molar-refractivity contribution in [3.63, 3.8) is 0 Å². The zero-order chi connectivity index (χ0) is 5.21. The van der Waals surface area contributed by atoms with Gasteiger partial charge >= 0.3 is 6.18 Å². The van der Waals surface area contributed by atoms with Crippen LogP contribution in [-0.4, -0.2) is 6.18 Å². The minimum atomic E-state index is -4.29. The maximum atomic E-state index is 10.6. The van der Waals surface area contributed by atoms with E-state index in [0.29, 0.717) is 0 Å². The molecule has 3 heteroatoms. The lowest BCUT2D eigenvalue weighted by Gasteiger charge is -1.88. The highest BCUT2D eigenvalue weighted by molar-refractivity contribution is 4.26. The van der Waals surface area contributed by atoms with Crippen LogP contribution in [-0.2, 0) is 0 Å². The molecule has 0 saturated carbocycles. The fraction of sp³-hybridized carbons (Fsp3) is 1.00. The Labute approximate surface area is 29.0 Å². The van der Waals surface area contributed by atoms with Gasteiger partial charge in [-0.2, -0.15) is 13.2 Å². The minimum absolute atomic E-state index is 1.48. The van der Waals surface area contributed by atoms with Crippen molar-refractivity contribution in [1.29, 1.82) is 0 Å². The van der Waals surface area contributed by atoms with Crippen LogP contribution < -0.4 is 0 Å². The highest BCUT2D eigenvalue weighted by Gasteiger charge is 2.15. The molecule has 0 aliphatic rings. The van der Waals surface area contributed by atoms with E-state index in [0.717, 1.165) is 0 Å². The molecule has 0 aromatic carbocycles. The summed E-state index contributed by atoms with van der Waals surface area (Å²) in [5, 5.41) is 0. The Morgan fingerprint density at radius 3 is 1.80 bits per heavy atom. The highest BCUT2D eigenvalue weighted by atomic mass is 19.4. The zero-order valence-electron chi connectivity index (χ0n) is 3.34. The van der Waals surface area contributed by atoms with Gasteiger partial charge in [0.2, 0.25) is 0 Å². The molecule has 0 unspecified atom stereocenters. The topological polar surface area (TPSA) is 0 Å². The van der Waals surface area contributed by atoms with Crippen molar-refractivity contribution in [3.8, 4) is 0 Å². The van der Waals surface area contributed by atoms with Gasteiger partial charge in [-0.05, 0) is 0 Å². The molecule has 5 heavy (non-hydrogen) atoms. The summed E-state index contributed by atoms with van der Waals surface area (Å²) in [7, 11) is 0. The first-order valence-electron chi connectivity index (χ1n) is 1.63. The molecular formula is C2H3F3. The van der Waals surface area contributed by atoms with Crippen LogP contribution in [0.15, 0.2) is 0 Å². The maximum absolute atomic E-state index is 10.6. The summed E-state index contributed by atoms with van der Waals surface area (Å²) in [6.07, 6.45) is -4.29. The van der Waals surface area contributed by atoms with Gasteiger partial charge in [-0.25, -0.2) is 0 Å². The van der Waals surface area contributed by atoms with E-state index in [-0.39, 0.29) is 0 Å². The van der Waals surface area contributed by atoms with Gasteiger partial charge in [0.1, 0.15) is 0 Å². The van der Waals surface area contributed by atoms with Crippen molar-refractivity contribution >= 4 is 0 Å². The normalized spacial score (nSPS) is 14.6. The lowest BCUT2D eigenvalue weighted by atomic mass is 10.8. The first-order valence-corrected chi connectivity index (χ1v) is 0.921. The molecular weight excluding hydrogens is 81.0 g/mol. The highest BCUT2D eigenvalue weighted by Crippen LogP contribution is 2.10. The molecule has 0 aromatic heterocycles. The van der Waals surface area contributed by atoms with E-state index in [1.54, 1.807) is 0 Å². The summed E-state index contributed by atoms with van der Waals surface area (Å²) >= 11 is 0. The second kappa shape index (κ2) is 0.880. The number of halogens is 3. The molecule has 0 bridgehead atoms. The second-order valence-corrected chi connectivity index (χ2v) is 0.615. The van der Waals surface area contributed by atoms with Gasteiger partial charge in [0, 0.05) is 8.27 Å². The van der Waals surface area contributed by atoms with Gasteiger partial charge in [0.15, 0.2) is 0 Å². The van der Waals surface area contributed by atoms with Crippen molar-refractivity contribution in [1.82, 2.24) is 0 Å². The van der Waals surface area contributed by atoms with Gasteiger partial charge in [-0.15, -0.1) is 0 Å². The Hall–Kier alpha value is -0.210. The fourth-order valence-corrected chi connectivity index (χ4v) is 0. The molecule has 0 rings (SSSR count). The smallest absolute Gasteiger partial charge is 0.172 e. The van der Waals surface area contributed by atoms with E-state index in [9.17, 15) is 13.2 Å². The number of hydrogen-bond acceptors (Lipinski definition) is 0. The van der Waals surface area contributed by atoms with Crippen LogP contribution in [0.5, 0.6) is 0 Å². The van der Waals surface area contributed by atoms with Gasteiger partial charge < -0.3 is 0 Å². The average molecular weight is 85.0 g/mol. The van der Waals surface area contributed by atoms with Crippen molar-refractivity contribution in [2.24, 2.45) is 0 Å². The third kappa shape index (κ3) is 275. The Balaban J connectivity index is 3.17. The van der Waals surface area contributed by atoms with Crippen LogP contribution in [0.25, 0.3) is 0 Å². The van der Waals surface area contributed by atoms with E-state index in [4.69, 9.17) is 1.37 Å². The zero-order valence-corrected chi connectivity index (χ0v) is 2.34. The minimum Gasteiger partial charge on any atom is -0.172 e. The van der Waals surface area contributed by atoms with Crippen molar-refractivity contribution in [2.45, 2.75) is 13.1 Å². The molecule has 0 amide bonds. The molecule has 32 valence electrons. The van der Waals surface area contributed by atoms with E-state index in [2.05, 4.69) is 0 Å². The molecule has 0 saturated heterocycles. The third-order valence-electron chi connectivity index (χ3n) is 0. The molecule has 0 aliphatic heterocycles.